The Bertz CT molecular complexity index is 1130. The fraction of sp³-hybridized carbons (Fsp3) is 0.200. The zero-order chi connectivity index (χ0) is 21.8. The highest BCUT2D eigenvalue weighted by Crippen LogP contribution is 2.35. The molecule has 0 radical (unpaired) electrons. The van der Waals surface area contributed by atoms with Crippen LogP contribution in [0.15, 0.2) is 76.6 Å². The Balaban J connectivity index is 1.70. The van der Waals surface area contributed by atoms with E-state index >= 15 is 0 Å². The summed E-state index contributed by atoms with van der Waals surface area (Å²) in [5.41, 5.74) is 5.19. The largest absolute Gasteiger partial charge is 0.383 e. The molecule has 0 unspecified atom stereocenters. The number of hydrogen-bond donors (Lipinski definition) is 0. The van der Waals surface area contributed by atoms with Crippen LogP contribution in [0.25, 0.3) is 11.8 Å². The van der Waals surface area contributed by atoms with Gasteiger partial charge in [-0.15, -0.1) is 0 Å². The molecular formula is C25H25N3O2S. The molecule has 2 aromatic carbocycles. The van der Waals surface area contributed by atoms with Gasteiger partial charge in [-0.3, -0.25) is 9.69 Å². The van der Waals surface area contributed by atoms with Gasteiger partial charge in [-0.2, -0.15) is 0 Å². The van der Waals surface area contributed by atoms with E-state index in [-0.39, 0.29) is 5.91 Å². The Labute approximate surface area is 187 Å². The average Bonchev–Trinajstić information content (AvgIpc) is 3.23. The van der Waals surface area contributed by atoms with Crippen molar-refractivity contribution in [3.63, 3.8) is 0 Å². The molecule has 4 rings (SSSR count). The summed E-state index contributed by atoms with van der Waals surface area (Å²) in [4.78, 5) is 20.3. The second-order valence-electron chi connectivity index (χ2n) is 7.29. The summed E-state index contributed by atoms with van der Waals surface area (Å²) in [5.74, 6) is -0.0405. The molecule has 3 aromatic rings. The van der Waals surface area contributed by atoms with Crippen LogP contribution in [0.2, 0.25) is 0 Å². The Hall–Kier alpha value is -3.09. The van der Waals surface area contributed by atoms with Crippen LogP contribution in [0, 0.1) is 13.8 Å². The fourth-order valence-corrected chi connectivity index (χ4v) is 4.65. The molecule has 0 spiro atoms. The van der Waals surface area contributed by atoms with Gasteiger partial charge in [0.15, 0.2) is 5.17 Å². The second kappa shape index (κ2) is 9.37. The third-order valence-electron chi connectivity index (χ3n) is 5.16. The van der Waals surface area contributed by atoms with Crippen molar-refractivity contribution >= 4 is 34.6 Å². The molecular weight excluding hydrogens is 406 g/mol. The summed E-state index contributed by atoms with van der Waals surface area (Å²) in [6.07, 6.45) is 1.97. The third-order valence-corrected chi connectivity index (χ3v) is 6.17. The van der Waals surface area contributed by atoms with E-state index < -0.39 is 0 Å². The maximum atomic E-state index is 13.2. The van der Waals surface area contributed by atoms with Crippen molar-refractivity contribution in [2.75, 3.05) is 20.3 Å². The molecule has 158 valence electrons. The molecule has 31 heavy (non-hydrogen) atoms. The molecule has 0 N–H and O–H groups in total. The summed E-state index contributed by atoms with van der Waals surface area (Å²) in [7, 11) is 1.64. The normalized spacial score (nSPS) is 16.6. The number of methoxy groups -OCH3 is 1. The number of nitrogens with zero attached hydrogens (tertiary/aromatic N) is 3. The van der Waals surface area contributed by atoms with Gasteiger partial charge in [-0.05, 0) is 67.6 Å². The lowest BCUT2D eigenvalue weighted by Gasteiger charge is -2.14. The fourth-order valence-electron chi connectivity index (χ4n) is 3.63. The number of aliphatic imine (C=N–C) groups is 1. The van der Waals surface area contributed by atoms with Crippen LogP contribution < -0.4 is 0 Å². The minimum Gasteiger partial charge on any atom is -0.383 e. The van der Waals surface area contributed by atoms with E-state index in [4.69, 9.17) is 9.73 Å². The number of amides is 1. The molecule has 5 nitrogen and oxygen atoms in total. The zero-order valence-corrected chi connectivity index (χ0v) is 18.7. The minimum atomic E-state index is -0.0405. The van der Waals surface area contributed by atoms with Crippen molar-refractivity contribution in [1.29, 1.82) is 0 Å². The van der Waals surface area contributed by atoms with E-state index in [1.807, 2.05) is 54.6 Å². The number of para-hydroxylation sites is 2. The molecule has 1 amide bonds. The van der Waals surface area contributed by atoms with Gasteiger partial charge >= 0.3 is 0 Å². The summed E-state index contributed by atoms with van der Waals surface area (Å²) in [6, 6.07) is 22.1. The number of benzene rings is 2. The van der Waals surface area contributed by atoms with Crippen LogP contribution in [-0.4, -0.2) is 40.8 Å². The van der Waals surface area contributed by atoms with Crippen LogP contribution in [-0.2, 0) is 9.53 Å². The van der Waals surface area contributed by atoms with Gasteiger partial charge < -0.3 is 9.30 Å². The number of rotatable bonds is 6. The number of hydrogen-bond acceptors (Lipinski definition) is 4. The van der Waals surface area contributed by atoms with Gasteiger partial charge in [-0.1, -0.05) is 36.4 Å². The second-order valence-corrected chi connectivity index (χ2v) is 8.30. The number of amidine groups is 1. The third kappa shape index (κ3) is 4.50. The highest BCUT2D eigenvalue weighted by Gasteiger charge is 2.33. The predicted octanol–water partition coefficient (Wildman–Crippen LogP) is 5.34. The first-order valence-corrected chi connectivity index (χ1v) is 11.0. The van der Waals surface area contributed by atoms with E-state index in [1.54, 1.807) is 12.0 Å². The number of carbonyl (C=O) groups is 1. The summed E-state index contributed by atoms with van der Waals surface area (Å²) in [5, 5.41) is 0.677. The highest BCUT2D eigenvalue weighted by atomic mass is 32.2. The highest BCUT2D eigenvalue weighted by molar-refractivity contribution is 8.18. The smallest absolute Gasteiger partial charge is 0.266 e. The maximum absolute atomic E-state index is 13.2. The van der Waals surface area contributed by atoms with Crippen LogP contribution in [0.4, 0.5) is 5.69 Å². The number of aryl methyl sites for hydroxylation is 1. The Morgan fingerprint density at radius 3 is 2.39 bits per heavy atom. The van der Waals surface area contributed by atoms with Crippen molar-refractivity contribution < 1.29 is 9.53 Å². The molecule has 6 heteroatoms. The summed E-state index contributed by atoms with van der Waals surface area (Å²) in [6.45, 7) is 5.08. The van der Waals surface area contributed by atoms with E-state index in [0.29, 0.717) is 23.2 Å². The van der Waals surface area contributed by atoms with Crippen molar-refractivity contribution in [3.05, 3.63) is 88.6 Å². The van der Waals surface area contributed by atoms with Crippen molar-refractivity contribution in [2.24, 2.45) is 4.99 Å². The van der Waals surface area contributed by atoms with E-state index in [0.717, 1.165) is 28.3 Å². The monoisotopic (exact) mass is 431 g/mol. The van der Waals surface area contributed by atoms with E-state index in [2.05, 4.69) is 36.6 Å². The van der Waals surface area contributed by atoms with Crippen molar-refractivity contribution in [1.82, 2.24) is 9.47 Å². The number of aromatic nitrogens is 1. The molecule has 0 saturated carbocycles. The number of thioether (sulfide) groups is 1. The molecule has 1 saturated heterocycles. The lowest BCUT2D eigenvalue weighted by Crippen LogP contribution is -2.32. The number of ether oxygens (including phenoxy) is 1. The van der Waals surface area contributed by atoms with Crippen molar-refractivity contribution in [2.45, 2.75) is 13.8 Å². The lowest BCUT2D eigenvalue weighted by molar-refractivity contribution is -0.122. The van der Waals surface area contributed by atoms with Gasteiger partial charge in [0.1, 0.15) is 0 Å². The quantitative estimate of drug-likeness (QED) is 0.495. The van der Waals surface area contributed by atoms with Gasteiger partial charge in [0.25, 0.3) is 5.91 Å². The molecule has 1 aromatic heterocycles. The lowest BCUT2D eigenvalue weighted by atomic mass is 10.2. The predicted molar refractivity (Wildman–Crippen MR) is 128 cm³/mol. The SMILES string of the molecule is COCCN1C(=O)/C(=C/c2cc(C)n(-c3ccccc3)c2C)SC1=Nc1ccccc1. The first kappa shape index (κ1) is 21.2. The van der Waals surface area contributed by atoms with E-state index in [9.17, 15) is 4.79 Å². The molecule has 0 atom stereocenters. The molecule has 1 fully saturated rings. The van der Waals surface area contributed by atoms with Crippen LogP contribution in [0.3, 0.4) is 0 Å². The topological polar surface area (TPSA) is 46.8 Å². The average molecular weight is 432 g/mol. The molecule has 0 aliphatic carbocycles. The standard InChI is InChI=1S/C25H25N3O2S/c1-18-16-20(19(2)28(18)22-12-8-5-9-13-22)17-23-24(29)27(14-15-30-3)25(31-23)26-21-10-6-4-7-11-21/h4-13,16-17H,14-15H2,1-3H3/b23-17-,26-25?. The Kier molecular flexibility index (Phi) is 6.39. The molecule has 2 heterocycles. The van der Waals surface area contributed by atoms with E-state index in [1.165, 1.54) is 11.8 Å². The Morgan fingerprint density at radius 1 is 1.03 bits per heavy atom. The molecule has 1 aliphatic heterocycles. The van der Waals surface area contributed by atoms with Crippen molar-refractivity contribution in [3.8, 4) is 5.69 Å². The molecule has 1 aliphatic rings. The zero-order valence-electron chi connectivity index (χ0n) is 17.9. The first-order chi connectivity index (χ1) is 15.1. The number of carbonyl (C=O) groups excluding carboxylic acids is 1. The molecule has 0 bridgehead atoms. The first-order valence-electron chi connectivity index (χ1n) is 10.2. The van der Waals surface area contributed by atoms with Crippen LogP contribution in [0.5, 0.6) is 0 Å². The maximum Gasteiger partial charge on any atom is 0.266 e. The minimum absolute atomic E-state index is 0.0405. The Morgan fingerprint density at radius 2 is 1.71 bits per heavy atom. The summed E-state index contributed by atoms with van der Waals surface area (Å²) < 4.78 is 7.42. The van der Waals surface area contributed by atoms with Gasteiger partial charge in [-0.25, -0.2) is 4.99 Å². The van der Waals surface area contributed by atoms with Gasteiger partial charge in [0, 0.05) is 24.2 Å². The van der Waals surface area contributed by atoms with Gasteiger partial charge in [0.2, 0.25) is 0 Å². The van der Waals surface area contributed by atoms with Crippen LogP contribution in [0.1, 0.15) is 17.0 Å². The summed E-state index contributed by atoms with van der Waals surface area (Å²) >= 11 is 1.41. The van der Waals surface area contributed by atoms with Gasteiger partial charge in [0.05, 0.1) is 23.7 Å². The van der Waals surface area contributed by atoms with Crippen LogP contribution >= 0.6 is 11.8 Å².